The molecule has 4 nitrogen and oxygen atoms in total. The van der Waals surface area contributed by atoms with E-state index in [0.29, 0.717) is 12.0 Å². The van der Waals surface area contributed by atoms with E-state index in [-0.39, 0.29) is 24.7 Å². The first-order valence-corrected chi connectivity index (χ1v) is 6.54. The van der Waals surface area contributed by atoms with Crippen molar-refractivity contribution in [2.45, 2.75) is 52.4 Å². The van der Waals surface area contributed by atoms with Crippen LogP contribution in [0.15, 0.2) is 0 Å². The number of rotatable bonds is 7. The maximum absolute atomic E-state index is 11.5. The van der Waals surface area contributed by atoms with Crippen molar-refractivity contribution in [1.29, 1.82) is 0 Å². The molecule has 0 aromatic heterocycles. The van der Waals surface area contributed by atoms with Gasteiger partial charge in [0.05, 0.1) is 13.0 Å². The predicted octanol–water partition coefficient (Wildman–Crippen LogP) is 2.03. The second-order valence-electron chi connectivity index (χ2n) is 4.79. The Morgan fingerprint density at radius 1 is 1.24 bits per heavy atom. The normalized spacial score (nSPS) is 17.1. The third-order valence-corrected chi connectivity index (χ3v) is 3.69. The number of ether oxygens (including phenoxy) is 1. The van der Waals surface area contributed by atoms with Crippen molar-refractivity contribution in [3.05, 3.63) is 0 Å². The molecule has 1 N–H and O–H groups in total. The van der Waals surface area contributed by atoms with Gasteiger partial charge in [-0.1, -0.05) is 13.3 Å². The van der Waals surface area contributed by atoms with Crippen LogP contribution in [0.4, 0.5) is 0 Å². The van der Waals surface area contributed by atoms with Gasteiger partial charge in [0, 0.05) is 13.0 Å². The van der Waals surface area contributed by atoms with Crippen LogP contribution in [0.5, 0.6) is 0 Å². The van der Waals surface area contributed by atoms with Crippen LogP contribution in [0, 0.1) is 5.41 Å². The van der Waals surface area contributed by atoms with Gasteiger partial charge in [0.15, 0.2) is 0 Å². The van der Waals surface area contributed by atoms with Crippen molar-refractivity contribution in [2.24, 2.45) is 5.41 Å². The van der Waals surface area contributed by atoms with Crippen LogP contribution in [-0.4, -0.2) is 25.0 Å². The Balaban J connectivity index is 2.15. The Kier molecular flexibility index (Phi) is 5.45. The zero-order valence-corrected chi connectivity index (χ0v) is 10.9. The van der Waals surface area contributed by atoms with Gasteiger partial charge >= 0.3 is 5.97 Å². The molecule has 1 fully saturated rings. The molecule has 17 heavy (non-hydrogen) atoms. The Morgan fingerprint density at radius 2 is 1.94 bits per heavy atom. The fourth-order valence-electron chi connectivity index (χ4n) is 2.16. The Labute approximate surface area is 103 Å². The minimum absolute atomic E-state index is 0.0437. The number of nitrogens with one attached hydrogen (secondary N) is 1. The monoisotopic (exact) mass is 241 g/mol. The highest BCUT2D eigenvalue weighted by Gasteiger charge is 2.35. The van der Waals surface area contributed by atoms with Crippen LogP contribution < -0.4 is 5.32 Å². The summed E-state index contributed by atoms with van der Waals surface area (Å²) in [6.07, 6.45) is 5.22. The fourth-order valence-corrected chi connectivity index (χ4v) is 2.16. The van der Waals surface area contributed by atoms with E-state index < -0.39 is 0 Å². The van der Waals surface area contributed by atoms with Crippen molar-refractivity contribution in [3.8, 4) is 0 Å². The highest BCUT2D eigenvalue weighted by molar-refractivity contribution is 5.81. The number of carbonyl (C=O) groups excluding carboxylic acids is 2. The second kappa shape index (κ2) is 6.62. The number of amides is 1. The lowest BCUT2D eigenvalue weighted by atomic mass is 9.67. The lowest BCUT2D eigenvalue weighted by Crippen LogP contribution is -2.41. The average Bonchev–Trinajstić information content (AvgIpc) is 2.26. The van der Waals surface area contributed by atoms with Crippen LogP contribution in [-0.2, 0) is 14.3 Å². The van der Waals surface area contributed by atoms with Crippen molar-refractivity contribution >= 4 is 11.9 Å². The van der Waals surface area contributed by atoms with Gasteiger partial charge < -0.3 is 10.1 Å². The molecule has 1 saturated carbocycles. The summed E-state index contributed by atoms with van der Waals surface area (Å²) >= 11 is 0. The Hall–Kier alpha value is -1.06. The highest BCUT2D eigenvalue weighted by Crippen LogP contribution is 2.42. The molecule has 1 aliphatic carbocycles. The molecule has 0 atom stereocenters. The van der Waals surface area contributed by atoms with Gasteiger partial charge in [-0.2, -0.15) is 0 Å². The van der Waals surface area contributed by atoms with E-state index in [9.17, 15) is 9.59 Å². The molecule has 0 bridgehead atoms. The van der Waals surface area contributed by atoms with E-state index in [1.165, 1.54) is 19.3 Å². The van der Waals surface area contributed by atoms with Crippen molar-refractivity contribution in [3.63, 3.8) is 0 Å². The van der Waals surface area contributed by atoms with Crippen LogP contribution in [0.2, 0.25) is 0 Å². The SMILES string of the molecule is CCOC(=O)CCC(=O)NCC1(CC)CCC1. The first kappa shape index (κ1) is 14.0. The lowest BCUT2D eigenvalue weighted by molar-refractivity contribution is -0.144. The maximum atomic E-state index is 11.5. The summed E-state index contributed by atoms with van der Waals surface area (Å²) in [5.74, 6) is -0.339. The Morgan fingerprint density at radius 3 is 2.41 bits per heavy atom. The molecule has 0 saturated heterocycles. The van der Waals surface area contributed by atoms with E-state index in [1.54, 1.807) is 6.92 Å². The van der Waals surface area contributed by atoms with Gasteiger partial charge in [0.25, 0.3) is 0 Å². The summed E-state index contributed by atoms with van der Waals surface area (Å²) in [6, 6.07) is 0. The third-order valence-electron chi connectivity index (χ3n) is 3.69. The molecule has 0 aliphatic heterocycles. The van der Waals surface area contributed by atoms with Crippen LogP contribution in [0.1, 0.15) is 52.4 Å². The topological polar surface area (TPSA) is 55.4 Å². The van der Waals surface area contributed by atoms with E-state index in [0.717, 1.165) is 13.0 Å². The molecule has 0 unspecified atom stereocenters. The number of esters is 1. The van der Waals surface area contributed by atoms with Crippen molar-refractivity contribution < 1.29 is 14.3 Å². The maximum Gasteiger partial charge on any atom is 0.306 e. The van der Waals surface area contributed by atoms with Gasteiger partial charge in [-0.25, -0.2) is 0 Å². The van der Waals surface area contributed by atoms with E-state index >= 15 is 0 Å². The molecule has 0 aromatic carbocycles. The van der Waals surface area contributed by atoms with Crippen molar-refractivity contribution in [2.75, 3.05) is 13.2 Å². The minimum Gasteiger partial charge on any atom is -0.466 e. The summed E-state index contributed by atoms with van der Waals surface area (Å²) in [5.41, 5.74) is 0.333. The molecule has 0 radical (unpaired) electrons. The van der Waals surface area contributed by atoms with Gasteiger partial charge in [0.1, 0.15) is 0 Å². The number of hydrogen-bond donors (Lipinski definition) is 1. The highest BCUT2D eigenvalue weighted by atomic mass is 16.5. The Bertz CT molecular complexity index is 266. The molecule has 4 heteroatoms. The molecule has 1 amide bonds. The van der Waals surface area contributed by atoms with E-state index in [1.807, 2.05) is 0 Å². The minimum atomic E-state index is -0.295. The van der Waals surface area contributed by atoms with Gasteiger partial charge in [-0.3, -0.25) is 9.59 Å². The quantitative estimate of drug-likeness (QED) is 0.694. The summed E-state index contributed by atoms with van der Waals surface area (Å²) in [5, 5.41) is 2.93. The van der Waals surface area contributed by atoms with Crippen LogP contribution in [0.25, 0.3) is 0 Å². The van der Waals surface area contributed by atoms with Gasteiger partial charge in [-0.15, -0.1) is 0 Å². The molecule has 1 aliphatic rings. The zero-order chi connectivity index (χ0) is 12.7. The average molecular weight is 241 g/mol. The zero-order valence-electron chi connectivity index (χ0n) is 10.9. The van der Waals surface area contributed by atoms with E-state index in [4.69, 9.17) is 4.74 Å². The molecular formula is C13H23NO3. The first-order valence-electron chi connectivity index (χ1n) is 6.54. The summed E-state index contributed by atoms with van der Waals surface area (Å²) in [4.78, 5) is 22.6. The standard InChI is InChI=1S/C13H23NO3/c1-3-13(8-5-9-13)10-14-11(15)6-7-12(16)17-4-2/h3-10H2,1-2H3,(H,14,15). The smallest absolute Gasteiger partial charge is 0.306 e. The number of hydrogen-bond acceptors (Lipinski definition) is 3. The summed E-state index contributed by atoms with van der Waals surface area (Å²) in [7, 11) is 0. The molecule has 0 spiro atoms. The van der Waals surface area contributed by atoms with Crippen LogP contribution in [0.3, 0.4) is 0 Å². The van der Waals surface area contributed by atoms with Gasteiger partial charge in [-0.05, 0) is 31.6 Å². The summed E-state index contributed by atoms with van der Waals surface area (Å²) in [6.45, 7) is 5.06. The van der Waals surface area contributed by atoms with Crippen LogP contribution >= 0.6 is 0 Å². The lowest BCUT2D eigenvalue weighted by Gasteiger charge is -2.41. The summed E-state index contributed by atoms with van der Waals surface area (Å²) < 4.78 is 4.77. The first-order chi connectivity index (χ1) is 8.12. The largest absolute Gasteiger partial charge is 0.466 e. The van der Waals surface area contributed by atoms with E-state index in [2.05, 4.69) is 12.2 Å². The van der Waals surface area contributed by atoms with Crippen molar-refractivity contribution in [1.82, 2.24) is 5.32 Å². The molecule has 98 valence electrons. The third kappa shape index (κ3) is 4.36. The second-order valence-corrected chi connectivity index (χ2v) is 4.79. The fraction of sp³-hybridized carbons (Fsp3) is 0.846. The predicted molar refractivity (Wildman–Crippen MR) is 65.5 cm³/mol. The molecule has 0 heterocycles. The van der Waals surface area contributed by atoms with Gasteiger partial charge in [0.2, 0.25) is 5.91 Å². The molecule has 0 aromatic rings. The number of carbonyl (C=O) groups is 2. The molecule has 1 rings (SSSR count). The molecular weight excluding hydrogens is 218 g/mol.